The topological polar surface area (TPSA) is 67.0 Å². The summed E-state index contributed by atoms with van der Waals surface area (Å²) in [5.41, 5.74) is 1.94. The van der Waals surface area contributed by atoms with Gasteiger partial charge in [0, 0.05) is 0 Å². The summed E-state index contributed by atoms with van der Waals surface area (Å²) in [6.45, 7) is 3.76. The number of hydrogen-bond donors (Lipinski definition) is 2. The maximum absolute atomic E-state index is 12.7. The molecule has 0 fully saturated rings. The third-order valence-electron chi connectivity index (χ3n) is 4.00. The monoisotopic (exact) mass is 309 g/mol. The molecule has 5 nitrogen and oxygen atoms in total. The number of rotatable bonds is 4. The molecule has 2 aromatic carbocycles. The SMILES string of the molecule is COc1ccc(C(C)(C)C(=O)Nc2nc3ccccc3[nH]2)cc1. The minimum Gasteiger partial charge on any atom is -0.497 e. The van der Waals surface area contributed by atoms with E-state index in [0.717, 1.165) is 22.3 Å². The lowest BCUT2D eigenvalue weighted by atomic mass is 9.84. The Kier molecular flexibility index (Phi) is 3.78. The van der Waals surface area contributed by atoms with Crippen molar-refractivity contribution in [2.75, 3.05) is 12.4 Å². The highest BCUT2D eigenvalue weighted by molar-refractivity contribution is 5.98. The Morgan fingerprint density at radius 3 is 2.48 bits per heavy atom. The van der Waals surface area contributed by atoms with E-state index >= 15 is 0 Å². The van der Waals surface area contributed by atoms with Crippen LogP contribution in [0.5, 0.6) is 5.75 Å². The quantitative estimate of drug-likeness (QED) is 0.775. The number of carbonyl (C=O) groups is 1. The number of nitrogens with zero attached hydrogens (tertiary/aromatic N) is 1. The van der Waals surface area contributed by atoms with Crippen LogP contribution in [0.15, 0.2) is 48.5 Å². The van der Waals surface area contributed by atoms with E-state index in [1.165, 1.54) is 0 Å². The molecular weight excluding hydrogens is 290 g/mol. The smallest absolute Gasteiger partial charge is 0.236 e. The highest BCUT2D eigenvalue weighted by atomic mass is 16.5. The molecule has 2 N–H and O–H groups in total. The molecular formula is C18H19N3O2. The average Bonchev–Trinajstić information content (AvgIpc) is 2.97. The predicted octanol–water partition coefficient (Wildman–Crippen LogP) is 3.49. The van der Waals surface area contributed by atoms with Gasteiger partial charge in [-0.1, -0.05) is 24.3 Å². The van der Waals surface area contributed by atoms with Crippen molar-refractivity contribution >= 4 is 22.9 Å². The van der Waals surface area contributed by atoms with Crippen LogP contribution in [0.2, 0.25) is 0 Å². The van der Waals surface area contributed by atoms with Gasteiger partial charge in [-0.05, 0) is 43.7 Å². The van der Waals surface area contributed by atoms with Gasteiger partial charge in [-0.25, -0.2) is 4.98 Å². The summed E-state index contributed by atoms with van der Waals surface area (Å²) in [6, 6.07) is 15.2. The van der Waals surface area contributed by atoms with Crippen LogP contribution in [0.3, 0.4) is 0 Å². The molecule has 1 aromatic heterocycles. The van der Waals surface area contributed by atoms with Gasteiger partial charge in [-0.3, -0.25) is 10.1 Å². The molecule has 0 aliphatic rings. The van der Waals surface area contributed by atoms with Gasteiger partial charge in [0.05, 0.1) is 23.6 Å². The summed E-state index contributed by atoms with van der Waals surface area (Å²) in [4.78, 5) is 20.1. The molecule has 118 valence electrons. The van der Waals surface area contributed by atoms with Crippen LogP contribution in [0.1, 0.15) is 19.4 Å². The first-order valence-electron chi connectivity index (χ1n) is 7.41. The molecule has 0 aliphatic carbocycles. The van der Waals surface area contributed by atoms with E-state index in [9.17, 15) is 4.79 Å². The molecule has 5 heteroatoms. The van der Waals surface area contributed by atoms with Crippen molar-refractivity contribution in [2.24, 2.45) is 0 Å². The molecule has 0 aliphatic heterocycles. The second-order valence-corrected chi connectivity index (χ2v) is 5.91. The third-order valence-corrected chi connectivity index (χ3v) is 4.00. The number of nitrogens with one attached hydrogen (secondary N) is 2. The Bertz CT molecular complexity index is 802. The molecule has 0 unspecified atom stereocenters. The number of anilines is 1. The van der Waals surface area contributed by atoms with Crippen LogP contribution in [0.4, 0.5) is 5.95 Å². The minimum atomic E-state index is -0.689. The molecule has 0 saturated heterocycles. The first kappa shape index (κ1) is 15.1. The predicted molar refractivity (Wildman–Crippen MR) is 90.7 cm³/mol. The van der Waals surface area contributed by atoms with Crippen molar-refractivity contribution in [3.05, 3.63) is 54.1 Å². The van der Waals surface area contributed by atoms with Gasteiger partial charge in [0.2, 0.25) is 11.9 Å². The number of aromatic amines is 1. The fraction of sp³-hybridized carbons (Fsp3) is 0.222. The number of hydrogen-bond acceptors (Lipinski definition) is 3. The molecule has 1 heterocycles. The Hall–Kier alpha value is -2.82. The molecule has 0 saturated carbocycles. The minimum absolute atomic E-state index is 0.123. The number of amides is 1. The van der Waals surface area contributed by atoms with E-state index in [1.54, 1.807) is 7.11 Å². The first-order chi connectivity index (χ1) is 11.0. The van der Waals surface area contributed by atoms with E-state index in [4.69, 9.17) is 4.74 Å². The summed E-state index contributed by atoms with van der Waals surface area (Å²) in [5.74, 6) is 1.10. The number of fused-ring (bicyclic) bond motifs is 1. The van der Waals surface area contributed by atoms with E-state index in [1.807, 2.05) is 62.4 Å². The van der Waals surface area contributed by atoms with Crippen LogP contribution >= 0.6 is 0 Å². The molecule has 0 radical (unpaired) electrons. The van der Waals surface area contributed by atoms with Gasteiger partial charge in [-0.15, -0.1) is 0 Å². The second-order valence-electron chi connectivity index (χ2n) is 5.91. The lowest BCUT2D eigenvalue weighted by Gasteiger charge is -2.23. The van der Waals surface area contributed by atoms with Crippen molar-refractivity contribution in [1.82, 2.24) is 9.97 Å². The van der Waals surface area contributed by atoms with Gasteiger partial charge in [0.1, 0.15) is 5.75 Å². The highest BCUT2D eigenvalue weighted by Gasteiger charge is 2.30. The Balaban J connectivity index is 1.82. The number of H-pyrrole nitrogens is 1. The standard InChI is InChI=1S/C18H19N3O2/c1-18(2,12-8-10-13(23-3)11-9-12)16(22)21-17-19-14-6-4-5-7-15(14)20-17/h4-11H,1-3H3,(H2,19,20,21,22). The van der Waals surface area contributed by atoms with Crippen molar-refractivity contribution in [3.63, 3.8) is 0 Å². The fourth-order valence-electron chi connectivity index (χ4n) is 2.41. The van der Waals surface area contributed by atoms with Gasteiger partial charge in [0.25, 0.3) is 0 Å². The number of carbonyl (C=O) groups excluding carboxylic acids is 1. The van der Waals surface area contributed by atoms with Gasteiger partial charge >= 0.3 is 0 Å². The van der Waals surface area contributed by atoms with E-state index < -0.39 is 5.41 Å². The fourth-order valence-corrected chi connectivity index (χ4v) is 2.41. The summed E-state index contributed by atoms with van der Waals surface area (Å²) < 4.78 is 5.16. The zero-order valence-corrected chi connectivity index (χ0v) is 13.4. The third kappa shape index (κ3) is 2.90. The van der Waals surface area contributed by atoms with Gasteiger partial charge in [-0.2, -0.15) is 0 Å². The molecule has 0 atom stereocenters. The summed E-state index contributed by atoms with van der Waals surface area (Å²) >= 11 is 0. The Morgan fingerprint density at radius 2 is 1.83 bits per heavy atom. The average molecular weight is 309 g/mol. The van der Waals surface area contributed by atoms with Crippen LogP contribution in [0, 0.1) is 0 Å². The number of aromatic nitrogens is 2. The summed E-state index contributed by atoms with van der Waals surface area (Å²) in [7, 11) is 1.62. The van der Waals surface area contributed by atoms with E-state index in [-0.39, 0.29) is 5.91 Å². The van der Waals surface area contributed by atoms with E-state index in [0.29, 0.717) is 5.95 Å². The van der Waals surface area contributed by atoms with Crippen molar-refractivity contribution in [1.29, 1.82) is 0 Å². The maximum Gasteiger partial charge on any atom is 0.236 e. The normalized spacial score (nSPS) is 11.4. The van der Waals surface area contributed by atoms with Crippen molar-refractivity contribution < 1.29 is 9.53 Å². The molecule has 3 rings (SSSR count). The maximum atomic E-state index is 12.7. The molecule has 0 bridgehead atoms. The molecule has 3 aromatic rings. The highest BCUT2D eigenvalue weighted by Crippen LogP contribution is 2.27. The number of imidazole rings is 1. The second kappa shape index (κ2) is 5.76. The number of para-hydroxylation sites is 2. The first-order valence-corrected chi connectivity index (χ1v) is 7.41. The van der Waals surface area contributed by atoms with Gasteiger partial charge in [0.15, 0.2) is 0 Å². The van der Waals surface area contributed by atoms with E-state index in [2.05, 4.69) is 15.3 Å². The molecule has 1 amide bonds. The number of ether oxygens (including phenoxy) is 1. The molecule has 23 heavy (non-hydrogen) atoms. The number of methoxy groups -OCH3 is 1. The van der Waals surface area contributed by atoms with Crippen LogP contribution in [-0.4, -0.2) is 23.0 Å². The van der Waals surface area contributed by atoms with Crippen LogP contribution < -0.4 is 10.1 Å². The van der Waals surface area contributed by atoms with Gasteiger partial charge < -0.3 is 9.72 Å². The zero-order valence-electron chi connectivity index (χ0n) is 13.4. The number of benzene rings is 2. The lowest BCUT2D eigenvalue weighted by Crippen LogP contribution is -2.35. The summed E-state index contributed by atoms with van der Waals surface area (Å²) in [6.07, 6.45) is 0. The van der Waals surface area contributed by atoms with Crippen LogP contribution in [0.25, 0.3) is 11.0 Å². The largest absolute Gasteiger partial charge is 0.497 e. The zero-order chi connectivity index (χ0) is 16.4. The Labute approximate surface area is 134 Å². The molecule has 0 spiro atoms. The summed E-state index contributed by atoms with van der Waals surface area (Å²) in [5, 5.41) is 2.86. The van der Waals surface area contributed by atoms with Crippen LogP contribution in [-0.2, 0) is 10.2 Å². The Morgan fingerprint density at radius 1 is 1.13 bits per heavy atom. The lowest BCUT2D eigenvalue weighted by molar-refractivity contribution is -0.120. The van der Waals surface area contributed by atoms with Crippen molar-refractivity contribution in [3.8, 4) is 5.75 Å². The van der Waals surface area contributed by atoms with Crippen molar-refractivity contribution in [2.45, 2.75) is 19.3 Å².